The molecule has 0 saturated carbocycles. The number of benzene rings is 2. The lowest BCUT2D eigenvalue weighted by atomic mass is 9.86. The van der Waals surface area contributed by atoms with E-state index in [2.05, 4.69) is 20.1 Å². The lowest BCUT2D eigenvalue weighted by molar-refractivity contribution is -0.132. The van der Waals surface area contributed by atoms with E-state index in [1.54, 1.807) is 36.1 Å². The number of rotatable bonds is 17. The topological polar surface area (TPSA) is 197 Å². The van der Waals surface area contributed by atoms with Gasteiger partial charge in [0, 0.05) is 31.0 Å². The van der Waals surface area contributed by atoms with Gasteiger partial charge in [-0.3, -0.25) is 19.2 Å². The second-order valence-corrected chi connectivity index (χ2v) is 12.0. The van der Waals surface area contributed by atoms with Gasteiger partial charge in [-0.2, -0.15) is 8.42 Å². The summed E-state index contributed by atoms with van der Waals surface area (Å²) in [7, 11) is -4.13. The second-order valence-electron chi connectivity index (χ2n) is 11.0. The molecule has 1 aliphatic heterocycles. The zero-order valence-corrected chi connectivity index (χ0v) is 26.4. The van der Waals surface area contributed by atoms with Gasteiger partial charge in [-0.1, -0.05) is 28.2 Å². The number of nitrogens with one attached hydrogen (secondary N) is 3. The Morgan fingerprint density at radius 3 is 2.37 bits per heavy atom. The molecule has 1 radical (unpaired) electrons. The minimum atomic E-state index is -5.13. The summed E-state index contributed by atoms with van der Waals surface area (Å²) in [6.07, 6.45) is 3.47. The van der Waals surface area contributed by atoms with Crippen LogP contribution in [-0.2, 0) is 37.9 Å². The molecule has 1 heterocycles. The van der Waals surface area contributed by atoms with Crippen LogP contribution in [-0.4, -0.2) is 80.6 Å². The third-order valence-electron chi connectivity index (χ3n) is 7.51. The molecule has 249 valence electrons. The van der Waals surface area contributed by atoms with Crippen LogP contribution in [0.3, 0.4) is 0 Å². The number of likely N-dealkylation sites (tertiary alicyclic amines) is 1. The molecule has 13 nitrogen and oxygen atoms in total. The van der Waals surface area contributed by atoms with E-state index in [9.17, 15) is 36.5 Å². The van der Waals surface area contributed by atoms with Gasteiger partial charge in [0.05, 0.1) is 0 Å². The molecule has 3 atom stereocenters. The summed E-state index contributed by atoms with van der Waals surface area (Å²) in [5, 5.41) is 17.6. The maximum absolute atomic E-state index is 13.0. The van der Waals surface area contributed by atoms with Gasteiger partial charge >= 0.3 is 18.0 Å². The Morgan fingerprint density at radius 2 is 1.74 bits per heavy atom. The molecule has 0 bridgehead atoms. The third kappa shape index (κ3) is 11.7. The normalized spacial score (nSPS) is 15.8. The number of carbonyl (C=O) groups is 4. The maximum atomic E-state index is 13.0. The van der Waals surface area contributed by atoms with E-state index in [1.165, 1.54) is 24.3 Å². The van der Waals surface area contributed by atoms with Crippen LogP contribution in [0.25, 0.3) is 0 Å². The molecule has 3 rings (SSSR count). The van der Waals surface area contributed by atoms with Crippen molar-refractivity contribution in [3.8, 4) is 5.75 Å². The second kappa shape index (κ2) is 17.6. The van der Waals surface area contributed by atoms with E-state index < -0.39 is 28.5 Å². The van der Waals surface area contributed by atoms with Gasteiger partial charge in [0.15, 0.2) is 0 Å². The summed E-state index contributed by atoms with van der Waals surface area (Å²) < 4.78 is 38.0. The smallest absolute Gasteiger partial charge is 0.452 e. The fraction of sp³-hybridized carbons (Fsp3) is 0.467. The molecule has 2 aromatic carbocycles. The SMILES string of the molecule is CC(NC(=O)c1ccc(CNC(=O)C(CCCCN)NC(=O)CCc2ccc(OS(=O)(=O)F)cc2)cc1)C(=O)N1CCC[C@H]1[B]O. The highest BCUT2D eigenvalue weighted by atomic mass is 32.3. The summed E-state index contributed by atoms with van der Waals surface area (Å²) in [6.45, 7) is 2.71. The summed E-state index contributed by atoms with van der Waals surface area (Å²) in [4.78, 5) is 52.7. The standard InChI is InChI=1S/C30H40BFN5O8S/c1-20(30(41)37-18-4-6-26(37)31-42)35-28(39)23-12-7-22(8-13-23)19-34-29(40)25(5-2-3-17-33)36-27(38)16-11-21-9-14-24(15-10-21)45-46(32,43)44/h7-10,12-15,20,25-26,42H,2-6,11,16-19,33H2,1H3,(H,34,40)(H,35,39)(H,36,38)/t20?,25?,26-/m0/s1. The third-order valence-corrected chi connectivity index (χ3v) is 7.91. The van der Waals surface area contributed by atoms with Gasteiger partial charge in [-0.25, -0.2) is 0 Å². The molecule has 6 N–H and O–H groups in total. The predicted octanol–water partition coefficient (Wildman–Crippen LogP) is 0.821. The Morgan fingerprint density at radius 1 is 1.07 bits per heavy atom. The van der Waals surface area contributed by atoms with E-state index >= 15 is 0 Å². The highest BCUT2D eigenvalue weighted by molar-refractivity contribution is 7.81. The highest BCUT2D eigenvalue weighted by Gasteiger charge is 2.32. The number of unbranched alkanes of at least 4 members (excludes halogenated alkanes) is 1. The van der Waals surface area contributed by atoms with Crippen LogP contribution in [0.5, 0.6) is 5.75 Å². The Hall–Kier alpha value is -4.02. The van der Waals surface area contributed by atoms with Crippen molar-refractivity contribution in [3.63, 3.8) is 0 Å². The van der Waals surface area contributed by atoms with E-state index in [4.69, 9.17) is 5.73 Å². The molecular weight excluding hydrogens is 620 g/mol. The number of aryl methyl sites for hydroxylation is 1. The minimum Gasteiger partial charge on any atom is -0.452 e. The number of nitrogens with two attached hydrogens (primary N) is 1. The van der Waals surface area contributed by atoms with Gasteiger partial charge in [-0.15, -0.1) is 0 Å². The van der Waals surface area contributed by atoms with Crippen molar-refractivity contribution in [1.82, 2.24) is 20.9 Å². The maximum Gasteiger partial charge on any atom is 0.488 e. The van der Waals surface area contributed by atoms with Gasteiger partial charge in [0.2, 0.25) is 17.7 Å². The van der Waals surface area contributed by atoms with Crippen LogP contribution in [0.15, 0.2) is 48.5 Å². The molecule has 1 aliphatic rings. The zero-order chi connectivity index (χ0) is 33.7. The van der Waals surface area contributed by atoms with Crippen LogP contribution >= 0.6 is 0 Å². The first-order valence-corrected chi connectivity index (χ1v) is 16.4. The first-order chi connectivity index (χ1) is 21.9. The van der Waals surface area contributed by atoms with Crippen LogP contribution in [0, 0.1) is 0 Å². The lowest BCUT2D eigenvalue weighted by Crippen LogP contribution is -2.49. The Balaban J connectivity index is 1.49. The van der Waals surface area contributed by atoms with Crippen LogP contribution in [0.1, 0.15) is 66.9 Å². The van der Waals surface area contributed by atoms with Crippen LogP contribution in [0.2, 0.25) is 0 Å². The number of carbonyl (C=O) groups excluding carboxylic acids is 4. The molecule has 0 aliphatic carbocycles. The van der Waals surface area contributed by atoms with Crippen molar-refractivity contribution >= 4 is 41.6 Å². The van der Waals surface area contributed by atoms with E-state index in [0.717, 1.165) is 13.9 Å². The molecule has 16 heteroatoms. The largest absolute Gasteiger partial charge is 0.488 e. The molecule has 4 amide bonds. The fourth-order valence-corrected chi connectivity index (χ4v) is 5.35. The van der Waals surface area contributed by atoms with Gasteiger partial charge in [-0.05, 0) is 87.4 Å². The van der Waals surface area contributed by atoms with Gasteiger partial charge in [0.25, 0.3) is 5.91 Å². The molecule has 2 aromatic rings. The number of hydrogen-bond acceptors (Lipinski definition) is 9. The molecule has 1 saturated heterocycles. The van der Waals surface area contributed by atoms with Crippen molar-refractivity contribution in [1.29, 1.82) is 0 Å². The van der Waals surface area contributed by atoms with Crippen molar-refractivity contribution < 1.29 is 40.7 Å². The number of hydrogen-bond donors (Lipinski definition) is 5. The minimum absolute atomic E-state index is 0.0501. The highest BCUT2D eigenvalue weighted by Crippen LogP contribution is 2.18. The Bertz CT molecular complexity index is 1450. The van der Waals surface area contributed by atoms with Crippen molar-refractivity contribution in [3.05, 3.63) is 65.2 Å². The quantitative estimate of drug-likeness (QED) is 0.0927. The zero-order valence-electron chi connectivity index (χ0n) is 25.6. The first-order valence-electron chi connectivity index (χ1n) is 15.1. The summed E-state index contributed by atoms with van der Waals surface area (Å²) in [6, 6.07) is 10.5. The van der Waals surface area contributed by atoms with E-state index in [0.29, 0.717) is 61.9 Å². The summed E-state index contributed by atoms with van der Waals surface area (Å²) >= 11 is 0. The molecular formula is C30H40BFN5O8S. The van der Waals surface area contributed by atoms with Crippen LogP contribution < -0.4 is 25.9 Å². The molecule has 46 heavy (non-hydrogen) atoms. The van der Waals surface area contributed by atoms with Gasteiger partial charge in [0.1, 0.15) is 17.8 Å². The Labute approximate surface area is 269 Å². The average molecular weight is 661 g/mol. The fourth-order valence-electron chi connectivity index (χ4n) is 5.01. The monoisotopic (exact) mass is 660 g/mol. The number of halogens is 1. The van der Waals surface area contributed by atoms with E-state index in [1.807, 2.05) is 0 Å². The van der Waals surface area contributed by atoms with E-state index in [-0.39, 0.29) is 42.4 Å². The summed E-state index contributed by atoms with van der Waals surface area (Å²) in [5.74, 6) is -1.99. The first kappa shape index (κ1) is 36.5. The average Bonchev–Trinajstić information content (AvgIpc) is 3.51. The number of amides is 4. The van der Waals surface area contributed by atoms with Crippen molar-refractivity contribution in [2.24, 2.45) is 5.73 Å². The summed E-state index contributed by atoms with van der Waals surface area (Å²) in [5.41, 5.74) is 7.32. The van der Waals surface area contributed by atoms with Crippen molar-refractivity contribution in [2.75, 3.05) is 13.1 Å². The molecule has 0 aromatic heterocycles. The molecule has 1 fully saturated rings. The van der Waals surface area contributed by atoms with Crippen molar-refractivity contribution in [2.45, 2.75) is 76.4 Å². The lowest BCUT2D eigenvalue weighted by Gasteiger charge is -2.26. The van der Waals surface area contributed by atoms with Gasteiger partial charge < -0.3 is 35.8 Å². The Kier molecular flexibility index (Phi) is 14.0. The number of nitrogens with zero attached hydrogens (tertiary/aromatic N) is 1. The predicted molar refractivity (Wildman–Crippen MR) is 168 cm³/mol. The van der Waals surface area contributed by atoms with Crippen LogP contribution in [0.4, 0.5) is 3.89 Å². The molecule has 2 unspecified atom stereocenters. The molecule has 0 spiro atoms.